The van der Waals surface area contributed by atoms with Gasteiger partial charge in [-0.2, -0.15) is 5.10 Å². The smallest absolute Gasteiger partial charge is 0.346 e. The first-order valence-corrected chi connectivity index (χ1v) is 9.18. The van der Waals surface area contributed by atoms with Crippen LogP contribution in [0, 0.1) is 6.92 Å². The molecule has 0 saturated heterocycles. The number of hydrogen-bond acceptors (Lipinski definition) is 4. The molecule has 140 valence electrons. The zero-order chi connectivity index (χ0) is 18.5. The minimum absolute atomic E-state index is 0.0721. The summed E-state index contributed by atoms with van der Waals surface area (Å²) in [5.41, 5.74) is 0.899. The van der Waals surface area contributed by atoms with Crippen LogP contribution in [0.4, 0.5) is 0 Å². The van der Waals surface area contributed by atoms with E-state index in [0.29, 0.717) is 25.2 Å². The lowest BCUT2D eigenvalue weighted by Gasteiger charge is -2.26. The molecule has 0 aliphatic heterocycles. The zero-order valence-electron chi connectivity index (χ0n) is 15.1. The summed E-state index contributed by atoms with van der Waals surface area (Å²) in [4.78, 5) is 24.8. The van der Waals surface area contributed by atoms with Crippen molar-refractivity contribution in [1.82, 2.24) is 19.7 Å². The van der Waals surface area contributed by atoms with Crippen molar-refractivity contribution < 1.29 is 9.90 Å². The highest BCUT2D eigenvalue weighted by atomic mass is 16.3. The van der Waals surface area contributed by atoms with Crippen LogP contribution >= 0.6 is 0 Å². The Kier molecular flexibility index (Phi) is 5.88. The lowest BCUT2D eigenvalue weighted by molar-refractivity contribution is -0.123. The van der Waals surface area contributed by atoms with E-state index in [1.807, 2.05) is 30.3 Å². The van der Waals surface area contributed by atoms with E-state index in [-0.39, 0.29) is 30.3 Å². The number of nitrogens with zero attached hydrogens (tertiary/aromatic N) is 3. The molecule has 1 aromatic heterocycles. The van der Waals surface area contributed by atoms with Gasteiger partial charge in [-0.25, -0.2) is 9.48 Å². The first-order valence-electron chi connectivity index (χ1n) is 9.18. The topological polar surface area (TPSA) is 89.2 Å². The van der Waals surface area contributed by atoms with Crippen molar-refractivity contribution in [3.05, 3.63) is 52.2 Å². The maximum absolute atomic E-state index is 12.5. The molecule has 1 fully saturated rings. The lowest BCUT2D eigenvalue weighted by atomic mass is 9.93. The summed E-state index contributed by atoms with van der Waals surface area (Å²) in [5.74, 6) is 0.403. The molecule has 0 atom stereocenters. The van der Waals surface area contributed by atoms with Gasteiger partial charge in [0.05, 0.1) is 6.10 Å². The fourth-order valence-corrected chi connectivity index (χ4v) is 3.42. The highest BCUT2D eigenvalue weighted by Crippen LogP contribution is 2.18. The van der Waals surface area contributed by atoms with Crippen LogP contribution in [-0.2, 0) is 24.3 Å². The Bertz CT molecular complexity index is 789. The standard InChI is InChI=1S/C19H26N4O3/c1-14-21-23(13-18(25)20-16-7-9-17(24)10-8-16)19(26)22(14)12-11-15-5-3-2-4-6-15/h2-6,16-17,24H,7-13H2,1H3,(H,20,25). The van der Waals surface area contributed by atoms with E-state index >= 15 is 0 Å². The maximum atomic E-state index is 12.5. The van der Waals surface area contributed by atoms with Gasteiger partial charge in [0.25, 0.3) is 0 Å². The van der Waals surface area contributed by atoms with Crippen LogP contribution in [-0.4, -0.2) is 37.5 Å². The van der Waals surface area contributed by atoms with Crippen molar-refractivity contribution in [3.63, 3.8) is 0 Å². The second kappa shape index (κ2) is 8.31. The third kappa shape index (κ3) is 4.60. The first-order chi connectivity index (χ1) is 12.5. The Hall–Kier alpha value is -2.41. The van der Waals surface area contributed by atoms with Gasteiger partial charge in [-0.15, -0.1) is 0 Å². The van der Waals surface area contributed by atoms with Gasteiger partial charge in [-0.3, -0.25) is 9.36 Å². The second-order valence-electron chi connectivity index (χ2n) is 6.95. The predicted octanol–water partition coefficient (Wildman–Crippen LogP) is 1.02. The Labute approximate surface area is 152 Å². The van der Waals surface area contributed by atoms with Crippen LogP contribution < -0.4 is 11.0 Å². The van der Waals surface area contributed by atoms with Crippen molar-refractivity contribution in [2.75, 3.05) is 0 Å². The molecule has 1 aromatic carbocycles. The largest absolute Gasteiger partial charge is 0.393 e. The van der Waals surface area contributed by atoms with E-state index in [1.54, 1.807) is 11.5 Å². The van der Waals surface area contributed by atoms with Crippen LogP contribution in [0.15, 0.2) is 35.1 Å². The zero-order valence-corrected chi connectivity index (χ0v) is 15.1. The monoisotopic (exact) mass is 358 g/mol. The normalized spacial score (nSPS) is 20.1. The van der Waals surface area contributed by atoms with Crippen molar-refractivity contribution in [1.29, 1.82) is 0 Å². The van der Waals surface area contributed by atoms with E-state index in [4.69, 9.17) is 0 Å². The molecule has 3 rings (SSSR count). The molecule has 0 bridgehead atoms. The molecule has 1 aliphatic carbocycles. The van der Waals surface area contributed by atoms with E-state index in [0.717, 1.165) is 24.8 Å². The fourth-order valence-electron chi connectivity index (χ4n) is 3.42. The summed E-state index contributed by atoms with van der Waals surface area (Å²) in [6.45, 7) is 2.25. The Morgan fingerprint density at radius 1 is 1.23 bits per heavy atom. The van der Waals surface area contributed by atoms with Gasteiger partial charge in [0.15, 0.2) is 0 Å². The van der Waals surface area contributed by atoms with Gasteiger partial charge in [-0.05, 0) is 44.6 Å². The molecule has 0 spiro atoms. The average Bonchev–Trinajstić information content (AvgIpc) is 2.89. The average molecular weight is 358 g/mol. The van der Waals surface area contributed by atoms with Gasteiger partial charge in [0, 0.05) is 12.6 Å². The summed E-state index contributed by atoms with van der Waals surface area (Å²) in [5, 5.41) is 16.7. The van der Waals surface area contributed by atoms with Crippen LogP contribution in [0.3, 0.4) is 0 Å². The van der Waals surface area contributed by atoms with Crippen LogP contribution in [0.1, 0.15) is 37.1 Å². The third-order valence-corrected chi connectivity index (χ3v) is 4.93. The minimum Gasteiger partial charge on any atom is -0.393 e. The van der Waals surface area contributed by atoms with Gasteiger partial charge in [0.2, 0.25) is 5.91 Å². The summed E-state index contributed by atoms with van der Waals surface area (Å²) in [6.07, 6.45) is 3.44. The number of carbonyl (C=O) groups is 1. The molecule has 7 nitrogen and oxygen atoms in total. The summed E-state index contributed by atoms with van der Waals surface area (Å²) in [6, 6.07) is 10.0. The first kappa shape index (κ1) is 18.4. The SMILES string of the molecule is Cc1nn(CC(=O)NC2CCC(O)CC2)c(=O)n1CCc1ccccc1. The van der Waals surface area contributed by atoms with Crippen molar-refractivity contribution >= 4 is 5.91 Å². The number of carbonyl (C=O) groups excluding carboxylic acids is 1. The third-order valence-electron chi connectivity index (χ3n) is 4.93. The van der Waals surface area contributed by atoms with Gasteiger partial charge >= 0.3 is 5.69 Å². The molecular formula is C19H26N4O3. The number of rotatable bonds is 6. The van der Waals surface area contributed by atoms with E-state index in [1.165, 1.54) is 4.68 Å². The highest BCUT2D eigenvalue weighted by molar-refractivity contribution is 5.75. The molecule has 1 amide bonds. The fraction of sp³-hybridized carbons (Fsp3) is 0.526. The molecule has 2 aromatic rings. The predicted molar refractivity (Wildman–Crippen MR) is 97.8 cm³/mol. The van der Waals surface area contributed by atoms with Crippen molar-refractivity contribution in [3.8, 4) is 0 Å². The van der Waals surface area contributed by atoms with Crippen LogP contribution in [0.5, 0.6) is 0 Å². The Morgan fingerprint density at radius 2 is 1.92 bits per heavy atom. The minimum atomic E-state index is -0.257. The molecule has 1 aliphatic rings. The molecule has 1 saturated carbocycles. The maximum Gasteiger partial charge on any atom is 0.346 e. The van der Waals surface area contributed by atoms with Crippen molar-refractivity contribution in [2.45, 2.75) is 64.3 Å². The highest BCUT2D eigenvalue weighted by Gasteiger charge is 2.21. The lowest BCUT2D eigenvalue weighted by Crippen LogP contribution is -2.41. The van der Waals surface area contributed by atoms with Crippen molar-refractivity contribution in [2.24, 2.45) is 0 Å². The van der Waals surface area contributed by atoms with Crippen LogP contribution in [0.25, 0.3) is 0 Å². The van der Waals surface area contributed by atoms with Gasteiger partial charge < -0.3 is 10.4 Å². The summed E-state index contributed by atoms with van der Waals surface area (Å²) >= 11 is 0. The number of aromatic nitrogens is 3. The van der Waals surface area contributed by atoms with E-state index in [2.05, 4.69) is 10.4 Å². The second-order valence-corrected chi connectivity index (χ2v) is 6.95. The summed E-state index contributed by atoms with van der Waals surface area (Å²) < 4.78 is 2.84. The number of aryl methyl sites for hydroxylation is 2. The number of aliphatic hydroxyl groups excluding tert-OH is 1. The quantitative estimate of drug-likeness (QED) is 0.807. The van der Waals surface area contributed by atoms with E-state index in [9.17, 15) is 14.7 Å². The molecular weight excluding hydrogens is 332 g/mol. The molecule has 7 heteroatoms. The number of aliphatic hydroxyl groups is 1. The number of nitrogens with one attached hydrogen (secondary N) is 1. The molecule has 2 N–H and O–H groups in total. The van der Waals surface area contributed by atoms with Gasteiger partial charge in [-0.1, -0.05) is 30.3 Å². The molecule has 0 radical (unpaired) electrons. The van der Waals surface area contributed by atoms with Crippen LogP contribution in [0.2, 0.25) is 0 Å². The molecule has 0 unspecified atom stereocenters. The van der Waals surface area contributed by atoms with Gasteiger partial charge in [0.1, 0.15) is 12.4 Å². The Balaban J connectivity index is 1.58. The van der Waals surface area contributed by atoms with E-state index < -0.39 is 0 Å². The molecule has 1 heterocycles. The summed E-state index contributed by atoms with van der Waals surface area (Å²) in [7, 11) is 0. The Morgan fingerprint density at radius 3 is 2.62 bits per heavy atom. The number of benzene rings is 1. The molecule has 26 heavy (non-hydrogen) atoms. The number of amides is 1. The number of hydrogen-bond donors (Lipinski definition) is 2.